The smallest absolute Gasteiger partial charge is 0.410 e. The highest BCUT2D eigenvalue weighted by atomic mass is 19.3. The van der Waals surface area contributed by atoms with Gasteiger partial charge in [0.1, 0.15) is 29.1 Å². The summed E-state index contributed by atoms with van der Waals surface area (Å²) in [5, 5.41) is 12.6. The van der Waals surface area contributed by atoms with Crippen molar-refractivity contribution in [3.63, 3.8) is 0 Å². The van der Waals surface area contributed by atoms with Gasteiger partial charge in [-0.3, -0.25) is 19.3 Å². The van der Waals surface area contributed by atoms with Crippen molar-refractivity contribution in [2.24, 2.45) is 11.8 Å². The maximum atomic E-state index is 15.0. The number of carbonyl (C=O) groups excluding carboxylic acids is 4. The number of benzene rings is 1. The normalized spacial score (nSPS) is 29.7. The Morgan fingerprint density at radius 1 is 1.13 bits per heavy atom. The summed E-state index contributed by atoms with van der Waals surface area (Å²) in [7, 11) is 0. The first kappa shape index (κ1) is 34.2. The lowest BCUT2D eigenvalue weighted by atomic mass is 9.93. The molecule has 47 heavy (non-hydrogen) atoms. The van der Waals surface area contributed by atoms with Crippen molar-refractivity contribution in [2.45, 2.75) is 108 Å². The van der Waals surface area contributed by atoms with Gasteiger partial charge >= 0.3 is 18.0 Å². The number of ether oxygens (including phenoxy) is 2. The van der Waals surface area contributed by atoms with Crippen LogP contribution in [-0.4, -0.2) is 80.5 Å². The zero-order chi connectivity index (χ0) is 34.3. The lowest BCUT2D eigenvalue weighted by Gasteiger charge is -2.30. The van der Waals surface area contributed by atoms with E-state index >= 15 is 0 Å². The van der Waals surface area contributed by atoms with Gasteiger partial charge in [0.15, 0.2) is 0 Å². The van der Waals surface area contributed by atoms with Crippen molar-refractivity contribution < 1.29 is 51.7 Å². The summed E-state index contributed by atoms with van der Waals surface area (Å²) in [6.07, 6.45) is -1.25. The zero-order valence-corrected chi connectivity index (χ0v) is 26.6. The Hall–Kier alpha value is -4.10. The molecule has 1 aliphatic carbocycles. The third-order valence-electron chi connectivity index (χ3n) is 9.13. The van der Waals surface area contributed by atoms with Gasteiger partial charge in [0.2, 0.25) is 17.7 Å². The van der Waals surface area contributed by atoms with E-state index in [1.807, 2.05) is 0 Å². The van der Waals surface area contributed by atoms with Crippen LogP contribution in [0.2, 0.25) is 0 Å². The summed E-state index contributed by atoms with van der Waals surface area (Å²) in [6, 6.07) is 3.19. The minimum absolute atomic E-state index is 0.0351. The fraction of sp³-hybridized carbons (Fsp3) is 0.606. The molecule has 3 aliphatic heterocycles. The standard InChI is InChI=1S/C33H40F3N3O8/c1-31(2,3)47-26(40)13-19-10-12-32(35,36)11-5-4-8-21-15-33(21,29(43)44)37-27(41)25-14-22(17-39(25)28(19)42)46-30(45)38-16-20-7-6-9-24(34)23(20)18-38/h4,6-9,19,21-22,25H,5,10-18H2,1-3H3,(H,37,41)(H,43,44)/b8-4-/t19-,21-,22-,25+,33-/m1/s1. The number of nitrogens with one attached hydrogen (secondary N) is 1. The minimum Gasteiger partial charge on any atom is -0.479 e. The van der Waals surface area contributed by atoms with Crippen LogP contribution < -0.4 is 5.32 Å². The molecular weight excluding hydrogens is 623 g/mol. The van der Waals surface area contributed by atoms with Gasteiger partial charge < -0.3 is 24.8 Å². The van der Waals surface area contributed by atoms with E-state index in [1.165, 1.54) is 29.2 Å². The van der Waals surface area contributed by atoms with E-state index in [-0.39, 0.29) is 45.3 Å². The number of halogens is 3. The number of rotatable bonds is 4. The minimum atomic E-state index is -3.19. The molecule has 256 valence electrons. The number of carboxylic acids is 1. The second-order valence-electron chi connectivity index (χ2n) is 13.9. The van der Waals surface area contributed by atoms with Crippen LogP contribution in [-0.2, 0) is 41.7 Å². The fourth-order valence-corrected chi connectivity index (χ4v) is 6.57. The third-order valence-corrected chi connectivity index (χ3v) is 9.13. The number of carboxylic acid groups (broad SMARTS) is 1. The molecule has 5 atom stereocenters. The molecule has 1 saturated carbocycles. The van der Waals surface area contributed by atoms with E-state index < -0.39 is 96.0 Å². The largest absolute Gasteiger partial charge is 0.479 e. The molecule has 3 amide bonds. The van der Waals surface area contributed by atoms with Gasteiger partial charge in [0, 0.05) is 43.2 Å². The molecule has 4 aliphatic rings. The number of aliphatic carboxylic acids is 1. The summed E-state index contributed by atoms with van der Waals surface area (Å²) < 4.78 is 55.3. The highest BCUT2D eigenvalue weighted by Gasteiger charge is 2.61. The molecular formula is C33H40F3N3O8. The SMILES string of the molecule is CC(C)(C)OC(=O)C[C@H]1CCC(F)(F)CC/C=C\[C@@H]2C[C@@]2(C(=O)O)NC(=O)[C@@H]2C[C@@H](OC(=O)N3Cc4cccc(F)c4C3)CN2C1=O. The average Bonchev–Trinajstić information content (AvgIpc) is 3.28. The van der Waals surface area contributed by atoms with Gasteiger partial charge in [-0.25, -0.2) is 22.8 Å². The zero-order valence-electron chi connectivity index (χ0n) is 26.6. The van der Waals surface area contributed by atoms with Gasteiger partial charge in [0.05, 0.1) is 19.5 Å². The molecule has 3 heterocycles. The summed E-state index contributed by atoms with van der Waals surface area (Å²) in [4.78, 5) is 68.4. The Morgan fingerprint density at radius 2 is 1.87 bits per heavy atom. The van der Waals surface area contributed by atoms with Crippen LogP contribution in [0.5, 0.6) is 0 Å². The van der Waals surface area contributed by atoms with Crippen molar-refractivity contribution in [1.29, 1.82) is 0 Å². The lowest BCUT2D eigenvalue weighted by molar-refractivity contribution is -0.159. The molecule has 1 aromatic carbocycles. The molecule has 2 fully saturated rings. The first-order valence-corrected chi connectivity index (χ1v) is 15.8. The lowest BCUT2D eigenvalue weighted by Crippen LogP contribution is -2.53. The van der Waals surface area contributed by atoms with E-state index in [4.69, 9.17) is 9.47 Å². The number of esters is 1. The molecule has 0 unspecified atom stereocenters. The van der Waals surface area contributed by atoms with E-state index in [1.54, 1.807) is 26.8 Å². The summed E-state index contributed by atoms with van der Waals surface area (Å²) in [5.74, 6) is -9.26. The molecule has 0 radical (unpaired) electrons. The number of hydrogen-bond acceptors (Lipinski definition) is 7. The molecule has 1 aromatic rings. The molecule has 1 saturated heterocycles. The van der Waals surface area contributed by atoms with Gasteiger partial charge in [-0.2, -0.15) is 0 Å². The maximum absolute atomic E-state index is 15.0. The Bertz CT molecular complexity index is 1480. The van der Waals surface area contributed by atoms with Crippen LogP contribution >= 0.6 is 0 Å². The van der Waals surface area contributed by atoms with E-state index in [0.29, 0.717) is 11.1 Å². The summed E-state index contributed by atoms with van der Waals surface area (Å²) in [5.41, 5.74) is -1.62. The predicted molar refractivity (Wildman–Crippen MR) is 159 cm³/mol. The Kier molecular flexibility index (Phi) is 9.35. The Labute approximate surface area is 270 Å². The van der Waals surface area contributed by atoms with Crippen molar-refractivity contribution in [2.75, 3.05) is 6.54 Å². The van der Waals surface area contributed by atoms with E-state index in [9.17, 15) is 42.3 Å². The fourth-order valence-electron chi connectivity index (χ4n) is 6.57. The van der Waals surface area contributed by atoms with Crippen molar-refractivity contribution >= 4 is 29.8 Å². The van der Waals surface area contributed by atoms with Crippen LogP contribution in [0.1, 0.15) is 76.8 Å². The molecule has 0 bridgehead atoms. The monoisotopic (exact) mass is 663 g/mol. The van der Waals surface area contributed by atoms with Crippen molar-refractivity contribution in [1.82, 2.24) is 15.1 Å². The maximum Gasteiger partial charge on any atom is 0.410 e. The van der Waals surface area contributed by atoms with Crippen LogP contribution in [0.3, 0.4) is 0 Å². The topological polar surface area (TPSA) is 143 Å². The van der Waals surface area contributed by atoms with Crippen LogP contribution in [0.15, 0.2) is 30.4 Å². The highest BCUT2D eigenvalue weighted by molar-refractivity contribution is 5.95. The molecule has 2 N–H and O–H groups in total. The number of fused-ring (bicyclic) bond motifs is 3. The second-order valence-corrected chi connectivity index (χ2v) is 13.9. The van der Waals surface area contributed by atoms with E-state index in [0.717, 1.165) is 4.90 Å². The molecule has 0 spiro atoms. The number of alkyl halides is 2. The van der Waals surface area contributed by atoms with Crippen LogP contribution in [0.4, 0.5) is 18.0 Å². The van der Waals surface area contributed by atoms with Gasteiger partial charge in [-0.05, 0) is 51.7 Å². The number of amides is 3. The number of hydrogen-bond donors (Lipinski definition) is 2. The predicted octanol–water partition coefficient (Wildman–Crippen LogP) is 4.32. The van der Waals surface area contributed by atoms with Crippen molar-refractivity contribution in [3.05, 3.63) is 47.3 Å². The Balaban J connectivity index is 1.40. The molecule has 0 aromatic heterocycles. The van der Waals surface area contributed by atoms with Crippen LogP contribution in [0, 0.1) is 17.7 Å². The van der Waals surface area contributed by atoms with Gasteiger partial charge in [-0.1, -0.05) is 24.3 Å². The first-order chi connectivity index (χ1) is 22.0. The van der Waals surface area contributed by atoms with Gasteiger partial charge in [0.25, 0.3) is 0 Å². The third kappa shape index (κ3) is 7.73. The highest BCUT2D eigenvalue weighted by Crippen LogP contribution is 2.46. The quantitative estimate of drug-likeness (QED) is 0.359. The molecule has 14 heteroatoms. The summed E-state index contributed by atoms with van der Waals surface area (Å²) >= 11 is 0. The Morgan fingerprint density at radius 3 is 2.55 bits per heavy atom. The molecule has 5 rings (SSSR count). The second kappa shape index (κ2) is 12.8. The van der Waals surface area contributed by atoms with E-state index in [2.05, 4.69) is 5.32 Å². The number of carbonyl (C=O) groups is 5. The molecule has 11 nitrogen and oxygen atoms in total. The number of nitrogens with zero attached hydrogens (tertiary/aromatic N) is 2. The van der Waals surface area contributed by atoms with Crippen LogP contribution in [0.25, 0.3) is 0 Å². The van der Waals surface area contributed by atoms with Crippen molar-refractivity contribution in [3.8, 4) is 0 Å². The average molecular weight is 664 g/mol. The number of allylic oxidation sites excluding steroid dienone is 1. The van der Waals surface area contributed by atoms with Gasteiger partial charge in [-0.15, -0.1) is 0 Å². The first-order valence-electron chi connectivity index (χ1n) is 15.8. The summed E-state index contributed by atoms with van der Waals surface area (Å²) in [6.45, 7) is 4.63.